The average Bonchev–Trinajstić information content (AvgIpc) is 2.72. The van der Waals surface area contributed by atoms with Gasteiger partial charge in [-0.15, -0.1) is 11.3 Å². The Morgan fingerprint density at radius 1 is 1.20 bits per heavy atom. The molecular formula is C13H11Br2F2NOS. The minimum absolute atomic E-state index is 0.0284. The van der Waals surface area contributed by atoms with E-state index in [2.05, 4.69) is 37.2 Å². The maximum absolute atomic E-state index is 14.2. The first-order chi connectivity index (χ1) is 9.47. The summed E-state index contributed by atoms with van der Waals surface area (Å²) in [6.07, 6.45) is 0. The molecule has 2 aromatic rings. The summed E-state index contributed by atoms with van der Waals surface area (Å²) >= 11 is 8.23. The van der Waals surface area contributed by atoms with Crippen molar-refractivity contribution in [3.63, 3.8) is 0 Å². The van der Waals surface area contributed by atoms with Crippen molar-refractivity contribution < 1.29 is 13.5 Å². The summed E-state index contributed by atoms with van der Waals surface area (Å²) in [5, 5.41) is 2.94. The van der Waals surface area contributed by atoms with E-state index in [0.29, 0.717) is 0 Å². The summed E-state index contributed by atoms with van der Waals surface area (Å²) in [7, 11) is 3.03. The van der Waals surface area contributed by atoms with Gasteiger partial charge in [-0.05, 0) is 50.5 Å². The smallest absolute Gasteiger partial charge is 0.134 e. The second-order valence-corrected chi connectivity index (χ2v) is 7.76. The molecular weight excluding hydrogens is 416 g/mol. The van der Waals surface area contributed by atoms with Gasteiger partial charge in [-0.3, -0.25) is 0 Å². The lowest BCUT2D eigenvalue weighted by Crippen LogP contribution is -2.20. The maximum atomic E-state index is 14.2. The van der Waals surface area contributed by atoms with Crippen molar-refractivity contribution in [3.8, 4) is 5.75 Å². The van der Waals surface area contributed by atoms with Crippen molar-refractivity contribution >= 4 is 43.2 Å². The predicted octanol–water partition coefficient (Wildman–Crippen LogP) is 4.87. The number of hydrogen-bond acceptors (Lipinski definition) is 3. The lowest BCUT2D eigenvalue weighted by Gasteiger charge is -2.18. The first-order valence-corrected chi connectivity index (χ1v) is 8.03. The fourth-order valence-electron chi connectivity index (χ4n) is 1.96. The van der Waals surface area contributed by atoms with Crippen LogP contribution in [-0.2, 0) is 0 Å². The molecule has 0 saturated heterocycles. The molecule has 1 aromatic heterocycles. The molecule has 0 radical (unpaired) electrons. The molecule has 0 saturated carbocycles. The number of thiophene rings is 1. The molecule has 1 unspecified atom stereocenters. The van der Waals surface area contributed by atoms with Gasteiger partial charge in [-0.1, -0.05) is 0 Å². The van der Waals surface area contributed by atoms with Gasteiger partial charge < -0.3 is 10.1 Å². The number of methoxy groups -OCH3 is 1. The zero-order chi connectivity index (χ0) is 14.9. The van der Waals surface area contributed by atoms with E-state index in [-0.39, 0.29) is 11.3 Å². The topological polar surface area (TPSA) is 21.3 Å². The quantitative estimate of drug-likeness (QED) is 0.752. The third kappa shape index (κ3) is 3.05. The Morgan fingerprint density at radius 3 is 2.20 bits per heavy atom. The maximum Gasteiger partial charge on any atom is 0.134 e. The Labute approximate surface area is 136 Å². The van der Waals surface area contributed by atoms with Crippen LogP contribution in [0.1, 0.15) is 17.2 Å². The van der Waals surface area contributed by atoms with Gasteiger partial charge in [0.05, 0.1) is 20.7 Å². The number of rotatable bonds is 4. The van der Waals surface area contributed by atoms with Gasteiger partial charge in [0, 0.05) is 17.7 Å². The van der Waals surface area contributed by atoms with E-state index in [1.807, 2.05) is 6.07 Å². The number of nitrogens with one attached hydrogen (secondary N) is 1. The van der Waals surface area contributed by atoms with Gasteiger partial charge in [0.1, 0.15) is 17.4 Å². The fourth-order valence-corrected chi connectivity index (χ4v) is 4.86. The normalized spacial score (nSPS) is 12.5. The van der Waals surface area contributed by atoms with E-state index in [9.17, 15) is 8.78 Å². The number of benzene rings is 1. The van der Waals surface area contributed by atoms with Crippen LogP contribution in [0, 0.1) is 11.6 Å². The first kappa shape index (κ1) is 15.9. The van der Waals surface area contributed by atoms with E-state index in [1.165, 1.54) is 30.6 Å². The third-order valence-electron chi connectivity index (χ3n) is 2.86. The van der Waals surface area contributed by atoms with Crippen molar-refractivity contribution in [1.29, 1.82) is 0 Å². The molecule has 108 valence electrons. The molecule has 0 aliphatic rings. The van der Waals surface area contributed by atoms with Crippen molar-refractivity contribution in [2.45, 2.75) is 6.04 Å². The molecule has 1 heterocycles. The summed E-state index contributed by atoms with van der Waals surface area (Å²) in [5.41, 5.74) is 0.742. The zero-order valence-corrected chi connectivity index (χ0v) is 14.6. The molecule has 0 aliphatic heterocycles. The van der Waals surface area contributed by atoms with E-state index in [1.54, 1.807) is 7.05 Å². The number of halogens is 4. The molecule has 7 heteroatoms. The second-order valence-electron chi connectivity index (χ2n) is 4.01. The first-order valence-electron chi connectivity index (χ1n) is 5.62. The molecule has 2 nitrogen and oxygen atoms in total. The Balaban J connectivity index is 2.55. The molecule has 0 fully saturated rings. The Morgan fingerprint density at radius 2 is 1.80 bits per heavy atom. The number of ether oxygens (including phenoxy) is 1. The van der Waals surface area contributed by atoms with Crippen LogP contribution < -0.4 is 10.1 Å². The monoisotopic (exact) mass is 425 g/mol. The predicted molar refractivity (Wildman–Crippen MR) is 83.5 cm³/mol. The van der Waals surface area contributed by atoms with Gasteiger partial charge in [0.25, 0.3) is 0 Å². The average molecular weight is 427 g/mol. The zero-order valence-electron chi connectivity index (χ0n) is 10.6. The van der Waals surface area contributed by atoms with Crippen LogP contribution in [0.5, 0.6) is 5.75 Å². The SMILES string of the molecule is CNC(c1cc(Br)sc1Br)c1c(F)cc(OC)cc1F. The van der Waals surface area contributed by atoms with E-state index in [0.717, 1.165) is 13.1 Å². The Bertz CT molecular complexity index is 610. The van der Waals surface area contributed by atoms with Gasteiger partial charge in [0.15, 0.2) is 0 Å². The van der Waals surface area contributed by atoms with Crippen LogP contribution in [0.4, 0.5) is 8.78 Å². The van der Waals surface area contributed by atoms with Crippen LogP contribution in [0.15, 0.2) is 25.8 Å². The Hall–Kier alpha value is -0.500. The molecule has 1 N–H and O–H groups in total. The third-order valence-corrected chi connectivity index (χ3v) is 5.25. The summed E-state index contributed by atoms with van der Waals surface area (Å²) in [4.78, 5) is 0. The molecule has 0 aliphatic carbocycles. The summed E-state index contributed by atoms with van der Waals surface area (Å²) in [5.74, 6) is -1.13. The van der Waals surface area contributed by atoms with Crippen molar-refractivity contribution in [2.75, 3.05) is 14.2 Å². The van der Waals surface area contributed by atoms with E-state index >= 15 is 0 Å². The van der Waals surface area contributed by atoms with Gasteiger partial charge in [-0.25, -0.2) is 8.78 Å². The molecule has 0 amide bonds. The largest absolute Gasteiger partial charge is 0.497 e. The summed E-state index contributed by atoms with van der Waals surface area (Å²) < 4.78 is 34.9. The highest BCUT2D eigenvalue weighted by Gasteiger charge is 2.25. The van der Waals surface area contributed by atoms with Gasteiger partial charge >= 0.3 is 0 Å². The molecule has 1 atom stereocenters. The lowest BCUT2D eigenvalue weighted by molar-refractivity contribution is 0.403. The van der Waals surface area contributed by atoms with Crippen LogP contribution >= 0.6 is 43.2 Å². The molecule has 2 rings (SSSR count). The Kier molecular flexibility index (Phi) is 5.17. The second kappa shape index (κ2) is 6.51. The van der Waals surface area contributed by atoms with Crippen LogP contribution in [0.2, 0.25) is 0 Å². The molecule has 1 aromatic carbocycles. The van der Waals surface area contributed by atoms with Crippen molar-refractivity contribution in [1.82, 2.24) is 5.32 Å². The summed E-state index contributed by atoms with van der Waals surface area (Å²) in [6, 6.07) is 3.60. The standard InChI is InChI=1S/C13H11Br2F2NOS/c1-18-12(7-5-10(14)20-13(7)15)11-8(16)3-6(19-2)4-9(11)17/h3-5,12,18H,1-2H3. The van der Waals surface area contributed by atoms with Crippen LogP contribution in [0.25, 0.3) is 0 Å². The molecule has 20 heavy (non-hydrogen) atoms. The lowest BCUT2D eigenvalue weighted by atomic mass is 10.00. The van der Waals surface area contributed by atoms with Crippen LogP contribution in [-0.4, -0.2) is 14.2 Å². The van der Waals surface area contributed by atoms with Gasteiger partial charge in [0.2, 0.25) is 0 Å². The summed E-state index contributed by atoms with van der Waals surface area (Å²) in [6.45, 7) is 0. The van der Waals surface area contributed by atoms with Crippen LogP contribution in [0.3, 0.4) is 0 Å². The molecule has 0 bridgehead atoms. The van der Waals surface area contributed by atoms with Crippen molar-refractivity contribution in [2.24, 2.45) is 0 Å². The van der Waals surface area contributed by atoms with E-state index < -0.39 is 17.7 Å². The minimum Gasteiger partial charge on any atom is -0.497 e. The highest BCUT2D eigenvalue weighted by atomic mass is 79.9. The van der Waals surface area contributed by atoms with Crippen molar-refractivity contribution in [3.05, 3.63) is 48.5 Å². The fraction of sp³-hybridized carbons (Fsp3) is 0.231. The minimum atomic E-state index is -0.643. The molecule has 0 spiro atoms. The van der Waals surface area contributed by atoms with E-state index in [4.69, 9.17) is 4.74 Å². The highest BCUT2D eigenvalue weighted by Crippen LogP contribution is 2.39. The van der Waals surface area contributed by atoms with Gasteiger partial charge in [-0.2, -0.15) is 0 Å². The highest BCUT2D eigenvalue weighted by molar-refractivity contribution is 9.12. The number of hydrogen-bond donors (Lipinski definition) is 1.